The van der Waals surface area contributed by atoms with Gasteiger partial charge in [-0.3, -0.25) is 4.79 Å². The van der Waals surface area contributed by atoms with E-state index in [2.05, 4.69) is 0 Å². The molecule has 0 fully saturated rings. The van der Waals surface area contributed by atoms with E-state index in [4.69, 9.17) is 5.11 Å². The van der Waals surface area contributed by atoms with Crippen LogP contribution in [0.4, 0.5) is 4.79 Å². The SMILES string of the molecule is CCN(Cc1cccs1)C(=O)N(CC(=O)O)CC(C)C. The Bertz CT molecular complexity index is 432. The van der Waals surface area contributed by atoms with Gasteiger partial charge in [0.2, 0.25) is 0 Å². The summed E-state index contributed by atoms with van der Waals surface area (Å²) in [7, 11) is 0. The number of hydrogen-bond donors (Lipinski definition) is 1. The minimum absolute atomic E-state index is 0.211. The van der Waals surface area contributed by atoms with Crippen molar-refractivity contribution in [1.29, 1.82) is 0 Å². The largest absolute Gasteiger partial charge is 0.480 e. The first-order valence-electron chi connectivity index (χ1n) is 6.72. The number of carbonyl (C=O) groups is 2. The lowest BCUT2D eigenvalue weighted by Crippen LogP contribution is -2.46. The molecule has 20 heavy (non-hydrogen) atoms. The van der Waals surface area contributed by atoms with Crippen molar-refractivity contribution in [3.63, 3.8) is 0 Å². The summed E-state index contributed by atoms with van der Waals surface area (Å²) >= 11 is 1.59. The molecule has 0 aliphatic heterocycles. The molecule has 0 aliphatic carbocycles. The number of carboxylic acids is 1. The van der Waals surface area contributed by atoms with Crippen molar-refractivity contribution >= 4 is 23.3 Å². The van der Waals surface area contributed by atoms with E-state index >= 15 is 0 Å². The van der Waals surface area contributed by atoms with Gasteiger partial charge in [-0.05, 0) is 24.3 Å². The van der Waals surface area contributed by atoms with Gasteiger partial charge in [-0.15, -0.1) is 11.3 Å². The zero-order valence-electron chi connectivity index (χ0n) is 12.2. The molecule has 1 aromatic heterocycles. The molecule has 0 bridgehead atoms. The van der Waals surface area contributed by atoms with Crippen LogP contribution in [0.1, 0.15) is 25.6 Å². The second-order valence-corrected chi connectivity index (χ2v) is 6.08. The Morgan fingerprint density at radius 3 is 2.50 bits per heavy atom. The van der Waals surface area contributed by atoms with E-state index in [1.54, 1.807) is 16.2 Å². The van der Waals surface area contributed by atoms with Crippen molar-refractivity contribution in [2.24, 2.45) is 5.92 Å². The minimum atomic E-state index is -0.980. The number of carbonyl (C=O) groups excluding carboxylic acids is 1. The molecule has 6 heteroatoms. The molecule has 0 saturated heterocycles. The fourth-order valence-electron chi connectivity index (χ4n) is 1.92. The van der Waals surface area contributed by atoms with Crippen molar-refractivity contribution in [2.75, 3.05) is 19.6 Å². The van der Waals surface area contributed by atoms with Gasteiger partial charge in [0.1, 0.15) is 6.54 Å². The lowest BCUT2D eigenvalue weighted by Gasteiger charge is -2.29. The molecule has 1 rings (SSSR count). The maximum absolute atomic E-state index is 12.5. The highest BCUT2D eigenvalue weighted by Gasteiger charge is 2.23. The quantitative estimate of drug-likeness (QED) is 0.842. The smallest absolute Gasteiger partial charge is 0.323 e. The Morgan fingerprint density at radius 1 is 1.35 bits per heavy atom. The molecule has 1 heterocycles. The number of aliphatic carboxylic acids is 1. The molecule has 0 spiro atoms. The molecule has 112 valence electrons. The Hall–Kier alpha value is -1.56. The van der Waals surface area contributed by atoms with E-state index < -0.39 is 5.97 Å². The van der Waals surface area contributed by atoms with Crippen LogP contribution < -0.4 is 0 Å². The van der Waals surface area contributed by atoms with Crippen LogP contribution in [-0.2, 0) is 11.3 Å². The highest BCUT2D eigenvalue weighted by molar-refractivity contribution is 7.09. The molecule has 0 aromatic carbocycles. The second-order valence-electron chi connectivity index (χ2n) is 5.04. The van der Waals surface area contributed by atoms with Crippen LogP contribution >= 0.6 is 11.3 Å². The van der Waals surface area contributed by atoms with Gasteiger partial charge in [0.25, 0.3) is 0 Å². The van der Waals surface area contributed by atoms with Crippen LogP contribution in [0.5, 0.6) is 0 Å². The van der Waals surface area contributed by atoms with E-state index in [-0.39, 0.29) is 18.5 Å². The van der Waals surface area contributed by atoms with Gasteiger partial charge < -0.3 is 14.9 Å². The lowest BCUT2D eigenvalue weighted by molar-refractivity contribution is -0.137. The summed E-state index contributed by atoms with van der Waals surface area (Å²) in [5.41, 5.74) is 0. The fourth-order valence-corrected chi connectivity index (χ4v) is 2.64. The summed E-state index contributed by atoms with van der Waals surface area (Å²) in [6, 6.07) is 3.71. The third-order valence-electron chi connectivity index (χ3n) is 2.76. The first kappa shape index (κ1) is 16.5. The Morgan fingerprint density at radius 2 is 2.05 bits per heavy atom. The van der Waals surface area contributed by atoms with Crippen molar-refractivity contribution < 1.29 is 14.7 Å². The van der Waals surface area contributed by atoms with Crippen LogP contribution in [0.15, 0.2) is 17.5 Å². The van der Waals surface area contributed by atoms with E-state index in [1.165, 1.54) is 4.90 Å². The van der Waals surface area contributed by atoms with Gasteiger partial charge in [-0.1, -0.05) is 19.9 Å². The van der Waals surface area contributed by atoms with Gasteiger partial charge in [-0.25, -0.2) is 4.79 Å². The van der Waals surface area contributed by atoms with E-state index in [1.807, 2.05) is 38.3 Å². The van der Waals surface area contributed by atoms with E-state index in [0.29, 0.717) is 19.6 Å². The van der Waals surface area contributed by atoms with Gasteiger partial charge in [-0.2, -0.15) is 0 Å². The van der Waals surface area contributed by atoms with Gasteiger partial charge in [0.15, 0.2) is 0 Å². The number of thiophene rings is 1. The second kappa shape index (κ2) is 7.89. The molecule has 0 aliphatic rings. The maximum atomic E-state index is 12.5. The Kier molecular flexibility index (Phi) is 6.51. The highest BCUT2D eigenvalue weighted by Crippen LogP contribution is 2.14. The maximum Gasteiger partial charge on any atom is 0.323 e. The van der Waals surface area contributed by atoms with Crippen molar-refractivity contribution in [3.8, 4) is 0 Å². The topological polar surface area (TPSA) is 60.9 Å². The molecule has 2 amide bonds. The molecular weight excluding hydrogens is 276 g/mol. The number of nitrogens with zero attached hydrogens (tertiary/aromatic N) is 2. The molecule has 1 N–H and O–H groups in total. The van der Waals surface area contributed by atoms with Crippen LogP contribution in [0.3, 0.4) is 0 Å². The Balaban J connectivity index is 2.75. The Labute approximate surface area is 123 Å². The average molecular weight is 298 g/mol. The summed E-state index contributed by atoms with van der Waals surface area (Å²) in [4.78, 5) is 27.6. The standard InChI is InChI=1S/C14H22N2O3S/c1-4-15(9-12-6-5-7-20-12)14(19)16(8-11(2)3)10-13(17)18/h5-7,11H,4,8-10H2,1-3H3,(H,17,18). The first-order chi connectivity index (χ1) is 9.43. The molecule has 0 radical (unpaired) electrons. The summed E-state index contributed by atoms with van der Waals surface area (Å²) in [6.07, 6.45) is 0. The van der Waals surface area contributed by atoms with Crippen molar-refractivity contribution in [1.82, 2.24) is 9.80 Å². The first-order valence-corrected chi connectivity index (χ1v) is 7.60. The number of urea groups is 1. The third-order valence-corrected chi connectivity index (χ3v) is 3.62. The molecule has 0 saturated carbocycles. The van der Waals surface area contributed by atoms with Crippen LogP contribution in [0, 0.1) is 5.92 Å². The van der Waals surface area contributed by atoms with Crippen LogP contribution in [0.2, 0.25) is 0 Å². The zero-order valence-corrected chi connectivity index (χ0v) is 13.0. The van der Waals surface area contributed by atoms with E-state index in [0.717, 1.165) is 4.88 Å². The minimum Gasteiger partial charge on any atom is -0.480 e. The fraction of sp³-hybridized carbons (Fsp3) is 0.571. The summed E-state index contributed by atoms with van der Waals surface area (Å²) in [5.74, 6) is -0.745. The van der Waals surface area contributed by atoms with Crippen LogP contribution in [-0.4, -0.2) is 46.5 Å². The summed E-state index contributed by atoms with van der Waals surface area (Å²) in [6.45, 7) is 7.13. The molecule has 0 atom stereocenters. The monoisotopic (exact) mass is 298 g/mol. The molecule has 5 nitrogen and oxygen atoms in total. The number of amides is 2. The van der Waals surface area contributed by atoms with Crippen molar-refractivity contribution in [2.45, 2.75) is 27.3 Å². The normalized spacial score (nSPS) is 10.6. The molecular formula is C14H22N2O3S. The van der Waals surface area contributed by atoms with Crippen molar-refractivity contribution in [3.05, 3.63) is 22.4 Å². The van der Waals surface area contributed by atoms with Gasteiger partial charge >= 0.3 is 12.0 Å². The molecule has 1 aromatic rings. The number of rotatable bonds is 7. The third kappa shape index (κ3) is 5.21. The number of hydrogen-bond acceptors (Lipinski definition) is 3. The van der Waals surface area contributed by atoms with Gasteiger partial charge in [0, 0.05) is 18.0 Å². The van der Waals surface area contributed by atoms with Gasteiger partial charge in [0.05, 0.1) is 6.54 Å². The summed E-state index contributed by atoms with van der Waals surface area (Å²) < 4.78 is 0. The number of carboxylic acid groups (broad SMARTS) is 1. The predicted octanol–water partition coefficient (Wildman–Crippen LogP) is 2.73. The average Bonchev–Trinajstić information content (AvgIpc) is 2.86. The zero-order chi connectivity index (χ0) is 15.1. The lowest BCUT2D eigenvalue weighted by atomic mass is 10.2. The predicted molar refractivity (Wildman–Crippen MR) is 79.8 cm³/mol. The van der Waals surface area contributed by atoms with Crippen LogP contribution in [0.25, 0.3) is 0 Å². The highest BCUT2D eigenvalue weighted by atomic mass is 32.1. The molecule has 0 unspecified atom stereocenters. The van der Waals surface area contributed by atoms with E-state index in [9.17, 15) is 9.59 Å². The summed E-state index contributed by atoms with van der Waals surface area (Å²) in [5, 5.41) is 10.9.